The Labute approximate surface area is 127 Å². The SMILES string of the molecule is CCCc1cc(CNCC)cc(N2CCS(=O)(=O)CC2)n1. The van der Waals surface area contributed by atoms with Crippen molar-refractivity contribution in [1.29, 1.82) is 0 Å². The molecule has 118 valence electrons. The van der Waals surface area contributed by atoms with Crippen LogP contribution in [0, 0.1) is 0 Å². The minimum atomic E-state index is -2.85. The first kappa shape index (κ1) is 16.2. The summed E-state index contributed by atoms with van der Waals surface area (Å²) in [6.45, 7) is 7.09. The van der Waals surface area contributed by atoms with Gasteiger partial charge in [-0.05, 0) is 30.7 Å². The predicted octanol–water partition coefficient (Wildman–Crippen LogP) is 1.38. The second-order valence-corrected chi connectivity index (χ2v) is 7.80. The summed E-state index contributed by atoms with van der Waals surface area (Å²) in [5.41, 5.74) is 2.31. The van der Waals surface area contributed by atoms with Crippen molar-refractivity contribution in [3.05, 3.63) is 23.4 Å². The summed E-state index contributed by atoms with van der Waals surface area (Å²) in [5.74, 6) is 1.38. The molecule has 0 radical (unpaired) electrons. The molecule has 0 atom stereocenters. The molecule has 2 heterocycles. The smallest absolute Gasteiger partial charge is 0.153 e. The number of aromatic nitrogens is 1. The second kappa shape index (κ2) is 7.22. The molecular weight excluding hydrogens is 286 g/mol. The van der Waals surface area contributed by atoms with E-state index in [0.29, 0.717) is 13.1 Å². The first-order chi connectivity index (χ1) is 10.0. The van der Waals surface area contributed by atoms with Crippen LogP contribution in [-0.2, 0) is 22.8 Å². The predicted molar refractivity (Wildman–Crippen MR) is 86.5 cm³/mol. The van der Waals surface area contributed by atoms with E-state index in [-0.39, 0.29) is 11.5 Å². The van der Waals surface area contributed by atoms with Crippen molar-refractivity contribution in [3.8, 4) is 0 Å². The molecule has 6 heteroatoms. The number of hydrogen-bond acceptors (Lipinski definition) is 5. The first-order valence-corrected chi connectivity index (χ1v) is 9.52. The van der Waals surface area contributed by atoms with Crippen LogP contribution in [0.1, 0.15) is 31.5 Å². The summed E-state index contributed by atoms with van der Waals surface area (Å²) in [5, 5.41) is 3.33. The Kier molecular flexibility index (Phi) is 5.58. The van der Waals surface area contributed by atoms with Crippen LogP contribution in [0.25, 0.3) is 0 Å². The zero-order valence-electron chi connectivity index (χ0n) is 12.9. The molecule has 0 amide bonds. The van der Waals surface area contributed by atoms with E-state index in [2.05, 4.69) is 36.2 Å². The van der Waals surface area contributed by atoms with Crippen LogP contribution in [-0.4, -0.2) is 44.5 Å². The quantitative estimate of drug-likeness (QED) is 0.860. The Morgan fingerprint density at radius 1 is 1.24 bits per heavy atom. The Morgan fingerprint density at radius 3 is 2.57 bits per heavy atom. The number of nitrogens with one attached hydrogen (secondary N) is 1. The summed E-state index contributed by atoms with van der Waals surface area (Å²) < 4.78 is 23.1. The summed E-state index contributed by atoms with van der Waals surface area (Å²) in [6, 6.07) is 4.23. The number of sulfone groups is 1. The van der Waals surface area contributed by atoms with Gasteiger partial charge >= 0.3 is 0 Å². The van der Waals surface area contributed by atoms with Crippen LogP contribution in [0.5, 0.6) is 0 Å². The molecule has 2 rings (SSSR count). The van der Waals surface area contributed by atoms with Crippen molar-refractivity contribution < 1.29 is 8.42 Å². The van der Waals surface area contributed by atoms with Crippen LogP contribution < -0.4 is 10.2 Å². The molecule has 0 saturated carbocycles. The highest BCUT2D eigenvalue weighted by atomic mass is 32.2. The van der Waals surface area contributed by atoms with Gasteiger partial charge in [0.1, 0.15) is 5.82 Å². The van der Waals surface area contributed by atoms with E-state index in [9.17, 15) is 8.42 Å². The molecule has 0 bridgehead atoms. The number of aryl methyl sites for hydroxylation is 1. The van der Waals surface area contributed by atoms with Crippen molar-refractivity contribution in [2.24, 2.45) is 0 Å². The van der Waals surface area contributed by atoms with Gasteiger partial charge in [0, 0.05) is 25.3 Å². The molecule has 1 N–H and O–H groups in total. The van der Waals surface area contributed by atoms with E-state index in [1.54, 1.807) is 0 Å². The zero-order chi connectivity index (χ0) is 15.3. The number of hydrogen-bond donors (Lipinski definition) is 1. The van der Waals surface area contributed by atoms with Gasteiger partial charge in [-0.3, -0.25) is 0 Å². The topological polar surface area (TPSA) is 62.3 Å². The monoisotopic (exact) mass is 311 g/mol. The standard InChI is InChI=1S/C15H25N3O2S/c1-3-5-14-10-13(12-16-4-2)11-15(17-14)18-6-8-21(19,20)9-7-18/h10-11,16H,3-9,12H2,1-2H3. The molecule has 0 aromatic carbocycles. The van der Waals surface area contributed by atoms with Crippen LogP contribution in [0.3, 0.4) is 0 Å². The number of nitrogens with zero attached hydrogens (tertiary/aromatic N) is 2. The maximum atomic E-state index is 11.5. The maximum absolute atomic E-state index is 11.5. The Balaban J connectivity index is 2.19. The van der Waals surface area contributed by atoms with Gasteiger partial charge in [-0.2, -0.15) is 0 Å². The first-order valence-electron chi connectivity index (χ1n) is 7.70. The Bertz CT molecular complexity index is 558. The van der Waals surface area contributed by atoms with Crippen LogP contribution >= 0.6 is 0 Å². The third kappa shape index (κ3) is 4.68. The molecular formula is C15H25N3O2S. The van der Waals surface area contributed by atoms with Gasteiger partial charge in [-0.1, -0.05) is 20.3 Å². The third-order valence-electron chi connectivity index (χ3n) is 3.68. The minimum Gasteiger partial charge on any atom is -0.355 e. The van der Waals surface area contributed by atoms with Crippen LogP contribution in [0.4, 0.5) is 5.82 Å². The average Bonchev–Trinajstić information content (AvgIpc) is 2.45. The Hall–Kier alpha value is -1.14. The van der Waals surface area contributed by atoms with E-state index in [0.717, 1.165) is 37.4 Å². The van der Waals surface area contributed by atoms with E-state index < -0.39 is 9.84 Å². The lowest BCUT2D eigenvalue weighted by Gasteiger charge is -2.28. The molecule has 1 aromatic rings. The van der Waals surface area contributed by atoms with Gasteiger partial charge in [-0.25, -0.2) is 13.4 Å². The zero-order valence-corrected chi connectivity index (χ0v) is 13.7. The number of rotatable bonds is 6. The van der Waals surface area contributed by atoms with Crippen molar-refractivity contribution in [1.82, 2.24) is 10.3 Å². The molecule has 1 aliphatic heterocycles. The third-order valence-corrected chi connectivity index (χ3v) is 5.29. The average molecular weight is 311 g/mol. The summed E-state index contributed by atoms with van der Waals surface area (Å²) in [6.07, 6.45) is 2.02. The van der Waals surface area contributed by atoms with E-state index in [4.69, 9.17) is 4.98 Å². The molecule has 1 aromatic heterocycles. The van der Waals surface area contributed by atoms with Crippen molar-refractivity contribution in [2.45, 2.75) is 33.2 Å². The van der Waals surface area contributed by atoms with Gasteiger partial charge in [0.25, 0.3) is 0 Å². The van der Waals surface area contributed by atoms with Gasteiger partial charge in [0.05, 0.1) is 11.5 Å². The van der Waals surface area contributed by atoms with Gasteiger partial charge in [0.15, 0.2) is 9.84 Å². The maximum Gasteiger partial charge on any atom is 0.153 e. The molecule has 1 fully saturated rings. The highest BCUT2D eigenvalue weighted by Crippen LogP contribution is 2.19. The number of anilines is 1. The van der Waals surface area contributed by atoms with Crippen LogP contribution in [0.2, 0.25) is 0 Å². The lowest BCUT2D eigenvalue weighted by atomic mass is 10.1. The molecule has 21 heavy (non-hydrogen) atoms. The van der Waals surface area contributed by atoms with E-state index in [1.807, 2.05) is 0 Å². The Morgan fingerprint density at radius 2 is 1.95 bits per heavy atom. The summed E-state index contributed by atoms with van der Waals surface area (Å²) >= 11 is 0. The largest absolute Gasteiger partial charge is 0.355 e. The van der Waals surface area contributed by atoms with Crippen molar-refractivity contribution >= 4 is 15.7 Å². The van der Waals surface area contributed by atoms with Crippen LogP contribution in [0.15, 0.2) is 12.1 Å². The van der Waals surface area contributed by atoms with Gasteiger partial charge in [-0.15, -0.1) is 0 Å². The molecule has 0 unspecified atom stereocenters. The minimum absolute atomic E-state index is 0.231. The normalized spacial score (nSPS) is 17.9. The van der Waals surface area contributed by atoms with E-state index >= 15 is 0 Å². The van der Waals surface area contributed by atoms with Crippen molar-refractivity contribution in [3.63, 3.8) is 0 Å². The molecule has 1 aliphatic rings. The summed E-state index contributed by atoms with van der Waals surface area (Å²) in [4.78, 5) is 6.80. The van der Waals surface area contributed by atoms with Gasteiger partial charge < -0.3 is 10.2 Å². The number of pyridine rings is 1. The molecule has 5 nitrogen and oxygen atoms in total. The summed E-state index contributed by atoms with van der Waals surface area (Å²) in [7, 11) is -2.85. The fourth-order valence-corrected chi connectivity index (χ4v) is 3.69. The molecule has 0 aliphatic carbocycles. The highest BCUT2D eigenvalue weighted by Gasteiger charge is 2.22. The highest BCUT2D eigenvalue weighted by molar-refractivity contribution is 7.91. The van der Waals surface area contributed by atoms with Crippen molar-refractivity contribution in [2.75, 3.05) is 36.0 Å². The lowest BCUT2D eigenvalue weighted by molar-refractivity contribution is 0.586. The molecule has 1 saturated heterocycles. The molecule has 0 spiro atoms. The fourth-order valence-electron chi connectivity index (χ4n) is 2.49. The fraction of sp³-hybridized carbons (Fsp3) is 0.667. The lowest BCUT2D eigenvalue weighted by Crippen LogP contribution is -2.40. The second-order valence-electron chi connectivity index (χ2n) is 5.49. The van der Waals surface area contributed by atoms with Gasteiger partial charge in [0.2, 0.25) is 0 Å². The van der Waals surface area contributed by atoms with E-state index in [1.165, 1.54) is 5.56 Å².